The second-order valence-electron chi connectivity index (χ2n) is 4.14. The van der Waals surface area contributed by atoms with Gasteiger partial charge in [0.05, 0.1) is 4.90 Å². The second-order valence-corrected chi connectivity index (χ2v) is 7.30. The van der Waals surface area contributed by atoms with Gasteiger partial charge in [0.25, 0.3) is 0 Å². The van der Waals surface area contributed by atoms with Crippen LogP contribution in [0.3, 0.4) is 0 Å². The third-order valence-electron chi connectivity index (χ3n) is 2.97. The SMILES string of the molecule is Cc1c(N)cc(S(=O)(=O)N2CCSCC2)cc1F. The maximum Gasteiger partial charge on any atom is 0.243 e. The van der Waals surface area contributed by atoms with E-state index in [1.807, 2.05) is 0 Å². The van der Waals surface area contributed by atoms with E-state index in [1.54, 1.807) is 11.8 Å². The van der Waals surface area contributed by atoms with E-state index in [0.717, 1.165) is 17.6 Å². The first kappa shape index (κ1) is 13.6. The van der Waals surface area contributed by atoms with Crippen molar-refractivity contribution >= 4 is 27.5 Å². The second kappa shape index (κ2) is 5.07. The summed E-state index contributed by atoms with van der Waals surface area (Å²) in [5.41, 5.74) is 6.07. The van der Waals surface area contributed by atoms with E-state index in [4.69, 9.17) is 5.73 Å². The van der Waals surface area contributed by atoms with Crippen molar-refractivity contribution in [2.75, 3.05) is 30.3 Å². The molecule has 1 fully saturated rings. The van der Waals surface area contributed by atoms with Gasteiger partial charge < -0.3 is 5.73 Å². The highest BCUT2D eigenvalue weighted by Crippen LogP contribution is 2.25. The molecule has 18 heavy (non-hydrogen) atoms. The Bertz CT molecular complexity index is 531. The zero-order valence-electron chi connectivity index (χ0n) is 10.0. The minimum atomic E-state index is -3.62. The smallest absolute Gasteiger partial charge is 0.243 e. The molecule has 1 saturated heterocycles. The predicted octanol–water partition coefficient (Wildman–Crippen LogP) is 1.45. The van der Waals surface area contributed by atoms with Crippen LogP contribution in [-0.2, 0) is 10.0 Å². The van der Waals surface area contributed by atoms with Crippen molar-refractivity contribution in [2.45, 2.75) is 11.8 Å². The van der Waals surface area contributed by atoms with Gasteiger partial charge in [0.1, 0.15) is 5.82 Å². The van der Waals surface area contributed by atoms with Crippen molar-refractivity contribution in [1.29, 1.82) is 0 Å². The molecule has 0 amide bonds. The van der Waals surface area contributed by atoms with Crippen LogP contribution in [0.1, 0.15) is 5.56 Å². The minimum Gasteiger partial charge on any atom is -0.398 e. The molecule has 2 N–H and O–H groups in total. The summed E-state index contributed by atoms with van der Waals surface area (Å²) in [6.07, 6.45) is 0. The van der Waals surface area contributed by atoms with E-state index < -0.39 is 15.8 Å². The third-order valence-corrected chi connectivity index (χ3v) is 5.78. The Balaban J connectivity index is 2.41. The Morgan fingerprint density at radius 3 is 2.50 bits per heavy atom. The summed E-state index contributed by atoms with van der Waals surface area (Å²) in [5.74, 6) is 0.950. The van der Waals surface area contributed by atoms with Gasteiger partial charge in [-0.25, -0.2) is 12.8 Å². The Kier molecular flexibility index (Phi) is 3.84. The monoisotopic (exact) mass is 290 g/mol. The fourth-order valence-corrected chi connectivity index (χ4v) is 4.38. The predicted molar refractivity (Wildman–Crippen MR) is 71.6 cm³/mol. The first-order valence-corrected chi connectivity index (χ1v) is 8.16. The van der Waals surface area contributed by atoms with E-state index in [1.165, 1.54) is 17.3 Å². The first-order valence-electron chi connectivity index (χ1n) is 5.56. The molecular weight excluding hydrogens is 275 g/mol. The Morgan fingerprint density at radius 2 is 1.94 bits per heavy atom. The molecule has 0 aromatic heterocycles. The number of thioether (sulfide) groups is 1. The quantitative estimate of drug-likeness (QED) is 0.838. The van der Waals surface area contributed by atoms with Gasteiger partial charge in [-0.15, -0.1) is 0 Å². The fourth-order valence-electron chi connectivity index (χ4n) is 1.76. The molecule has 1 heterocycles. The molecule has 0 unspecified atom stereocenters. The van der Waals surface area contributed by atoms with E-state index in [-0.39, 0.29) is 16.1 Å². The summed E-state index contributed by atoms with van der Waals surface area (Å²) in [6, 6.07) is 2.37. The highest BCUT2D eigenvalue weighted by Gasteiger charge is 2.27. The Morgan fingerprint density at radius 1 is 1.33 bits per heavy atom. The number of nitrogen functional groups attached to an aromatic ring is 1. The van der Waals surface area contributed by atoms with Crippen LogP contribution in [0.5, 0.6) is 0 Å². The summed E-state index contributed by atoms with van der Waals surface area (Å²) in [6.45, 7) is 2.45. The maximum absolute atomic E-state index is 13.6. The number of nitrogens with two attached hydrogens (primary N) is 1. The van der Waals surface area contributed by atoms with Gasteiger partial charge in [-0.1, -0.05) is 0 Å². The number of hydrogen-bond donors (Lipinski definition) is 1. The molecule has 0 saturated carbocycles. The summed E-state index contributed by atoms with van der Waals surface area (Å²) < 4.78 is 39.5. The number of hydrogen-bond acceptors (Lipinski definition) is 4. The van der Waals surface area contributed by atoms with E-state index in [9.17, 15) is 12.8 Å². The van der Waals surface area contributed by atoms with Crippen LogP contribution in [0.15, 0.2) is 17.0 Å². The molecule has 1 aliphatic heterocycles. The van der Waals surface area contributed by atoms with Gasteiger partial charge in [-0.05, 0) is 19.1 Å². The molecule has 1 aromatic carbocycles. The lowest BCUT2D eigenvalue weighted by Crippen LogP contribution is -2.37. The fraction of sp³-hybridized carbons (Fsp3) is 0.455. The van der Waals surface area contributed by atoms with Gasteiger partial charge in [0.15, 0.2) is 0 Å². The molecule has 0 atom stereocenters. The lowest BCUT2D eigenvalue weighted by atomic mass is 10.2. The molecule has 7 heteroatoms. The molecule has 4 nitrogen and oxygen atoms in total. The number of rotatable bonds is 2. The molecule has 1 aliphatic rings. The van der Waals surface area contributed by atoms with Crippen LogP contribution in [0.4, 0.5) is 10.1 Å². The number of halogens is 1. The van der Waals surface area contributed by atoms with Crippen LogP contribution >= 0.6 is 11.8 Å². The van der Waals surface area contributed by atoms with Gasteiger partial charge in [-0.3, -0.25) is 0 Å². The van der Waals surface area contributed by atoms with E-state index in [2.05, 4.69) is 0 Å². The van der Waals surface area contributed by atoms with Crippen LogP contribution in [0.2, 0.25) is 0 Å². The molecule has 100 valence electrons. The largest absolute Gasteiger partial charge is 0.398 e. The molecule has 0 bridgehead atoms. The summed E-state index contributed by atoms with van der Waals surface area (Å²) in [4.78, 5) is -0.0602. The van der Waals surface area contributed by atoms with Crippen molar-refractivity contribution in [3.05, 3.63) is 23.5 Å². The topological polar surface area (TPSA) is 63.4 Å². The van der Waals surface area contributed by atoms with Gasteiger partial charge in [-0.2, -0.15) is 16.1 Å². The molecular formula is C11H15FN2O2S2. The lowest BCUT2D eigenvalue weighted by Gasteiger charge is -2.25. The lowest BCUT2D eigenvalue weighted by molar-refractivity contribution is 0.443. The number of nitrogens with zero attached hydrogens (tertiary/aromatic N) is 1. The average molecular weight is 290 g/mol. The molecule has 0 radical (unpaired) electrons. The van der Waals surface area contributed by atoms with E-state index in [0.29, 0.717) is 13.1 Å². The van der Waals surface area contributed by atoms with Crippen molar-refractivity contribution in [1.82, 2.24) is 4.31 Å². The molecule has 2 rings (SSSR count). The normalized spacial score (nSPS) is 17.9. The summed E-state index contributed by atoms with van der Waals surface area (Å²) in [7, 11) is -3.62. The number of benzene rings is 1. The van der Waals surface area contributed by atoms with E-state index >= 15 is 0 Å². The van der Waals surface area contributed by atoms with Crippen LogP contribution in [-0.4, -0.2) is 37.3 Å². The minimum absolute atomic E-state index is 0.0602. The van der Waals surface area contributed by atoms with Crippen molar-refractivity contribution < 1.29 is 12.8 Å². The first-order chi connectivity index (χ1) is 8.43. The van der Waals surface area contributed by atoms with Gasteiger partial charge >= 0.3 is 0 Å². The zero-order chi connectivity index (χ0) is 13.3. The van der Waals surface area contributed by atoms with Crippen LogP contribution in [0.25, 0.3) is 0 Å². The van der Waals surface area contributed by atoms with Gasteiger partial charge in [0, 0.05) is 35.8 Å². The third kappa shape index (κ3) is 2.48. The van der Waals surface area contributed by atoms with Crippen LogP contribution < -0.4 is 5.73 Å². The zero-order valence-corrected chi connectivity index (χ0v) is 11.7. The highest BCUT2D eigenvalue weighted by atomic mass is 32.2. The molecule has 0 aliphatic carbocycles. The van der Waals surface area contributed by atoms with Crippen molar-refractivity contribution in [2.24, 2.45) is 0 Å². The number of anilines is 1. The van der Waals surface area contributed by atoms with Gasteiger partial charge in [0.2, 0.25) is 10.0 Å². The average Bonchev–Trinajstić information content (AvgIpc) is 2.36. The molecule has 1 aromatic rings. The summed E-state index contributed by atoms with van der Waals surface area (Å²) >= 11 is 1.71. The standard InChI is InChI=1S/C11H15FN2O2S2/c1-8-10(12)6-9(7-11(8)13)18(15,16)14-2-4-17-5-3-14/h6-7H,2-5,13H2,1H3. The summed E-state index contributed by atoms with van der Waals surface area (Å²) in [5, 5.41) is 0. The molecule has 0 spiro atoms. The maximum atomic E-state index is 13.6. The highest BCUT2D eigenvalue weighted by molar-refractivity contribution is 7.99. The van der Waals surface area contributed by atoms with Crippen LogP contribution in [0, 0.1) is 12.7 Å². The Hall–Kier alpha value is -0.790. The Labute approximate surface area is 110 Å². The number of sulfonamides is 1. The van der Waals surface area contributed by atoms with Crippen molar-refractivity contribution in [3.8, 4) is 0 Å². The van der Waals surface area contributed by atoms with Crippen molar-refractivity contribution in [3.63, 3.8) is 0 Å².